The van der Waals surface area contributed by atoms with E-state index in [1.807, 2.05) is 28.8 Å². The van der Waals surface area contributed by atoms with Gasteiger partial charge in [0.15, 0.2) is 16.3 Å². The molecule has 0 radical (unpaired) electrons. The van der Waals surface area contributed by atoms with Crippen molar-refractivity contribution in [3.8, 4) is 0 Å². The van der Waals surface area contributed by atoms with E-state index in [-0.39, 0.29) is 0 Å². The molecule has 132 valence electrons. The van der Waals surface area contributed by atoms with Gasteiger partial charge in [-0.3, -0.25) is 14.3 Å². The molecule has 0 bridgehead atoms. The molecule has 0 saturated heterocycles. The standard InChI is InChI=1S/C17H19ClN4O2S/c1-3-4-9-25-17-19-14-13(15(23)20-16(24)21(14)2)22(17)10-11-7-5-6-8-12(11)18/h5-8H,3-4,9-10H2,1-2H3,(H,20,23,24). The fourth-order valence-electron chi connectivity index (χ4n) is 2.58. The highest BCUT2D eigenvalue weighted by Crippen LogP contribution is 2.25. The molecule has 0 spiro atoms. The van der Waals surface area contributed by atoms with Gasteiger partial charge in [-0.05, 0) is 18.1 Å². The Labute approximate surface area is 153 Å². The van der Waals surface area contributed by atoms with E-state index >= 15 is 0 Å². The molecule has 0 aliphatic heterocycles. The minimum Gasteiger partial charge on any atom is -0.309 e. The van der Waals surface area contributed by atoms with Crippen molar-refractivity contribution in [3.05, 3.63) is 55.7 Å². The lowest BCUT2D eigenvalue weighted by Gasteiger charge is -2.10. The summed E-state index contributed by atoms with van der Waals surface area (Å²) in [5.74, 6) is 0.897. The molecule has 0 saturated carbocycles. The number of fused-ring (bicyclic) bond motifs is 1. The van der Waals surface area contributed by atoms with Crippen molar-refractivity contribution in [2.75, 3.05) is 5.75 Å². The van der Waals surface area contributed by atoms with Crippen LogP contribution in [-0.2, 0) is 13.6 Å². The first kappa shape index (κ1) is 17.8. The van der Waals surface area contributed by atoms with Crippen LogP contribution in [0.2, 0.25) is 5.02 Å². The summed E-state index contributed by atoms with van der Waals surface area (Å²) in [7, 11) is 1.61. The zero-order valence-electron chi connectivity index (χ0n) is 14.1. The van der Waals surface area contributed by atoms with Crippen LogP contribution in [0.5, 0.6) is 0 Å². The maximum Gasteiger partial charge on any atom is 0.329 e. The lowest BCUT2D eigenvalue weighted by molar-refractivity contribution is 0.727. The second-order valence-electron chi connectivity index (χ2n) is 5.76. The number of aryl methyl sites for hydroxylation is 1. The fourth-order valence-corrected chi connectivity index (χ4v) is 3.85. The number of hydrogen-bond donors (Lipinski definition) is 1. The molecule has 25 heavy (non-hydrogen) atoms. The Morgan fingerprint density at radius 2 is 2.04 bits per heavy atom. The van der Waals surface area contributed by atoms with E-state index in [1.54, 1.807) is 18.8 Å². The number of aromatic nitrogens is 4. The average molecular weight is 379 g/mol. The summed E-state index contributed by atoms with van der Waals surface area (Å²) in [6.07, 6.45) is 2.13. The van der Waals surface area contributed by atoms with Crippen LogP contribution in [0.25, 0.3) is 11.2 Å². The van der Waals surface area contributed by atoms with Crippen LogP contribution in [0, 0.1) is 0 Å². The average Bonchev–Trinajstić information content (AvgIpc) is 2.94. The monoisotopic (exact) mass is 378 g/mol. The van der Waals surface area contributed by atoms with E-state index in [9.17, 15) is 9.59 Å². The highest BCUT2D eigenvalue weighted by Gasteiger charge is 2.18. The van der Waals surface area contributed by atoms with Gasteiger partial charge in [-0.2, -0.15) is 0 Å². The van der Waals surface area contributed by atoms with E-state index in [0.29, 0.717) is 22.7 Å². The number of aromatic amines is 1. The molecule has 2 aromatic heterocycles. The minimum absolute atomic E-state index is 0.389. The zero-order chi connectivity index (χ0) is 18.0. The first-order valence-electron chi connectivity index (χ1n) is 8.08. The van der Waals surface area contributed by atoms with Crippen molar-refractivity contribution in [1.82, 2.24) is 19.1 Å². The number of thioether (sulfide) groups is 1. The quantitative estimate of drug-likeness (QED) is 0.528. The summed E-state index contributed by atoms with van der Waals surface area (Å²) >= 11 is 7.87. The molecule has 0 fully saturated rings. The predicted molar refractivity (Wildman–Crippen MR) is 102 cm³/mol. The number of halogens is 1. The van der Waals surface area contributed by atoms with E-state index in [0.717, 1.165) is 29.3 Å². The van der Waals surface area contributed by atoms with Gasteiger partial charge in [-0.25, -0.2) is 9.78 Å². The lowest BCUT2D eigenvalue weighted by Crippen LogP contribution is -2.29. The summed E-state index contributed by atoms with van der Waals surface area (Å²) in [5, 5.41) is 1.35. The lowest BCUT2D eigenvalue weighted by atomic mass is 10.2. The molecular weight excluding hydrogens is 360 g/mol. The van der Waals surface area contributed by atoms with Crippen LogP contribution in [0.1, 0.15) is 25.3 Å². The highest BCUT2D eigenvalue weighted by atomic mass is 35.5. The van der Waals surface area contributed by atoms with Gasteiger partial charge in [-0.1, -0.05) is 54.9 Å². The minimum atomic E-state index is -0.468. The summed E-state index contributed by atoms with van der Waals surface area (Å²) in [6.45, 7) is 2.55. The Morgan fingerprint density at radius 1 is 1.28 bits per heavy atom. The predicted octanol–water partition coefficient (Wildman–Crippen LogP) is 3.02. The molecule has 0 unspecified atom stereocenters. The number of benzene rings is 1. The van der Waals surface area contributed by atoms with Gasteiger partial charge < -0.3 is 4.57 Å². The molecule has 0 amide bonds. The second kappa shape index (κ2) is 7.49. The maximum atomic E-state index is 12.4. The first-order chi connectivity index (χ1) is 12.0. The van der Waals surface area contributed by atoms with E-state index in [1.165, 1.54) is 4.57 Å². The van der Waals surface area contributed by atoms with Gasteiger partial charge in [0.05, 0.1) is 6.54 Å². The van der Waals surface area contributed by atoms with E-state index in [4.69, 9.17) is 11.6 Å². The molecule has 1 aromatic carbocycles. The molecule has 3 rings (SSSR count). The van der Waals surface area contributed by atoms with E-state index in [2.05, 4.69) is 16.9 Å². The van der Waals surface area contributed by atoms with Gasteiger partial charge in [0.25, 0.3) is 5.56 Å². The number of imidazole rings is 1. The number of nitrogens with one attached hydrogen (secondary N) is 1. The topological polar surface area (TPSA) is 72.7 Å². The van der Waals surface area contributed by atoms with Gasteiger partial charge in [0.1, 0.15) is 0 Å². The summed E-state index contributed by atoms with van der Waals surface area (Å²) in [4.78, 5) is 31.2. The van der Waals surface area contributed by atoms with Crippen molar-refractivity contribution in [2.24, 2.45) is 7.05 Å². The number of H-pyrrole nitrogens is 1. The zero-order valence-corrected chi connectivity index (χ0v) is 15.7. The Morgan fingerprint density at radius 3 is 2.76 bits per heavy atom. The number of hydrogen-bond acceptors (Lipinski definition) is 4. The molecule has 0 aliphatic carbocycles. The fraction of sp³-hybridized carbons (Fsp3) is 0.353. The largest absolute Gasteiger partial charge is 0.329 e. The smallest absolute Gasteiger partial charge is 0.309 e. The highest BCUT2D eigenvalue weighted by molar-refractivity contribution is 7.99. The molecule has 8 heteroatoms. The van der Waals surface area contributed by atoms with Crippen LogP contribution in [0.4, 0.5) is 0 Å². The maximum absolute atomic E-state index is 12.4. The Balaban J connectivity index is 2.17. The van der Waals surface area contributed by atoms with Gasteiger partial charge in [0.2, 0.25) is 0 Å². The van der Waals surface area contributed by atoms with Crippen LogP contribution >= 0.6 is 23.4 Å². The Kier molecular flexibility index (Phi) is 5.34. The number of rotatable bonds is 6. The Hall–Kier alpha value is -1.99. The van der Waals surface area contributed by atoms with Crippen LogP contribution < -0.4 is 11.2 Å². The molecule has 0 atom stereocenters. The van der Waals surface area contributed by atoms with Crippen molar-refractivity contribution >= 4 is 34.5 Å². The van der Waals surface area contributed by atoms with Crippen molar-refractivity contribution in [2.45, 2.75) is 31.5 Å². The summed E-state index contributed by atoms with van der Waals surface area (Å²) < 4.78 is 3.21. The van der Waals surface area contributed by atoms with Crippen molar-refractivity contribution < 1.29 is 0 Å². The first-order valence-corrected chi connectivity index (χ1v) is 9.45. The van der Waals surface area contributed by atoms with Crippen molar-refractivity contribution in [3.63, 3.8) is 0 Å². The van der Waals surface area contributed by atoms with Gasteiger partial charge >= 0.3 is 5.69 Å². The van der Waals surface area contributed by atoms with Crippen LogP contribution in [-0.4, -0.2) is 24.9 Å². The molecule has 1 N–H and O–H groups in total. The van der Waals surface area contributed by atoms with Gasteiger partial charge in [-0.15, -0.1) is 0 Å². The second-order valence-corrected chi connectivity index (χ2v) is 7.23. The van der Waals surface area contributed by atoms with E-state index < -0.39 is 11.2 Å². The third kappa shape index (κ3) is 3.52. The molecule has 6 nitrogen and oxygen atoms in total. The normalized spacial score (nSPS) is 11.3. The molecule has 3 aromatic rings. The summed E-state index contributed by atoms with van der Waals surface area (Å²) in [5.41, 5.74) is 0.778. The molecule has 0 aliphatic rings. The third-order valence-corrected chi connectivity index (χ3v) is 5.42. The molecular formula is C17H19ClN4O2S. The Bertz CT molecular complexity index is 1020. The van der Waals surface area contributed by atoms with Crippen LogP contribution in [0.15, 0.2) is 39.0 Å². The summed E-state index contributed by atoms with van der Waals surface area (Å²) in [6, 6.07) is 7.51. The SMILES string of the molecule is CCCCSc1nc2c(c(=O)[nH]c(=O)n2C)n1Cc1ccccc1Cl. The molecule has 2 heterocycles. The third-order valence-electron chi connectivity index (χ3n) is 3.99. The van der Waals surface area contributed by atoms with Crippen LogP contribution in [0.3, 0.4) is 0 Å². The van der Waals surface area contributed by atoms with Gasteiger partial charge in [0, 0.05) is 17.8 Å². The number of unbranched alkanes of at least 4 members (excludes halogenated alkanes) is 1. The number of nitrogens with zero attached hydrogens (tertiary/aromatic N) is 3. The van der Waals surface area contributed by atoms with Crippen molar-refractivity contribution in [1.29, 1.82) is 0 Å².